The third kappa shape index (κ3) is 2.59. The summed E-state index contributed by atoms with van der Waals surface area (Å²) in [5.41, 5.74) is 15.6. The smallest absolute Gasteiger partial charge is 0.199 e. The zero-order valence-corrected chi connectivity index (χ0v) is 14.7. The number of guanidine groups is 1. The molecule has 1 atom stereocenters. The van der Waals surface area contributed by atoms with Crippen molar-refractivity contribution in [2.24, 2.45) is 16.5 Å². The molecule has 1 saturated carbocycles. The predicted octanol–water partition coefficient (Wildman–Crippen LogP) is 3.18. The SMILES string of the molecule is CN1C(N)=Nc2nc(C3(c4ccccc4)CCCCC3)ccc2C1N. The lowest BCUT2D eigenvalue weighted by atomic mass is 9.67. The van der Waals surface area contributed by atoms with E-state index in [2.05, 4.69) is 47.5 Å². The second-order valence-electron chi connectivity index (χ2n) is 7.14. The Balaban J connectivity index is 1.84. The van der Waals surface area contributed by atoms with E-state index in [1.165, 1.54) is 24.8 Å². The number of pyridine rings is 1. The second kappa shape index (κ2) is 6.15. The topological polar surface area (TPSA) is 80.5 Å². The van der Waals surface area contributed by atoms with Gasteiger partial charge in [-0.15, -0.1) is 0 Å². The molecule has 130 valence electrons. The maximum atomic E-state index is 6.28. The van der Waals surface area contributed by atoms with Gasteiger partial charge < -0.3 is 16.4 Å². The minimum Gasteiger partial charge on any atom is -0.369 e. The van der Waals surface area contributed by atoms with Gasteiger partial charge in [0.2, 0.25) is 0 Å². The van der Waals surface area contributed by atoms with E-state index in [1.54, 1.807) is 4.90 Å². The van der Waals surface area contributed by atoms with Crippen molar-refractivity contribution >= 4 is 11.8 Å². The van der Waals surface area contributed by atoms with E-state index in [9.17, 15) is 0 Å². The van der Waals surface area contributed by atoms with E-state index in [-0.39, 0.29) is 11.6 Å². The van der Waals surface area contributed by atoms with E-state index in [0.717, 1.165) is 24.1 Å². The number of nitrogens with two attached hydrogens (primary N) is 2. The molecule has 1 unspecified atom stereocenters. The average Bonchev–Trinajstić information content (AvgIpc) is 2.67. The Morgan fingerprint density at radius 3 is 2.48 bits per heavy atom. The molecule has 25 heavy (non-hydrogen) atoms. The van der Waals surface area contributed by atoms with Gasteiger partial charge in [-0.1, -0.05) is 49.6 Å². The van der Waals surface area contributed by atoms with Crippen LogP contribution in [0.2, 0.25) is 0 Å². The quantitative estimate of drug-likeness (QED) is 0.883. The molecule has 1 aliphatic carbocycles. The summed E-state index contributed by atoms with van der Waals surface area (Å²) in [6.07, 6.45) is 5.68. The lowest BCUT2D eigenvalue weighted by molar-refractivity contribution is 0.337. The zero-order chi connectivity index (χ0) is 17.4. The Bertz CT molecular complexity index is 793. The van der Waals surface area contributed by atoms with Crippen molar-refractivity contribution in [2.75, 3.05) is 7.05 Å². The fourth-order valence-electron chi connectivity index (χ4n) is 4.19. The number of rotatable bonds is 2. The first-order valence-electron chi connectivity index (χ1n) is 9.01. The van der Waals surface area contributed by atoms with Crippen molar-refractivity contribution in [1.82, 2.24) is 9.88 Å². The van der Waals surface area contributed by atoms with E-state index >= 15 is 0 Å². The average molecular weight is 335 g/mol. The van der Waals surface area contributed by atoms with Crippen LogP contribution < -0.4 is 11.5 Å². The minimum atomic E-state index is -0.298. The molecule has 4 rings (SSSR count). The van der Waals surface area contributed by atoms with Gasteiger partial charge in [-0.05, 0) is 30.5 Å². The van der Waals surface area contributed by atoms with Crippen LogP contribution in [0.15, 0.2) is 47.5 Å². The van der Waals surface area contributed by atoms with Crippen LogP contribution in [0.3, 0.4) is 0 Å². The lowest BCUT2D eigenvalue weighted by Gasteiger charge is -2.38. The Kier molecular flexibility index (Phi) is 3.96. The van der Waals surface area contributed by atoms with Gasteiger partial charge in [-0.25, -0.2) is 4.98 Å². The normalized spacial score (nSPS) is 22.2. The molecule has 1 aromatic carbocycles. The zero-order valence-electron chi connectivity index (χ0n) is 14.7. The molecular formula is C20H25N5. The van der Waals surface area contributed by atoms with Crippen LogP contribution in [0.1, 0.15) is 55.1 Å². The fourth-order valence-corrected chi connectivity index (χ4v) is 4.19. The largest absolute Gasteiger partial charge is 0.369 e. The van der Waals surface area contributed by atoms with Gasteiger partial charge in [-0.3, -0.25) is 0 Å². The summed E-state index contributed by atoms with van der Waals surface area (Å²) in [5.74, 6) is 1.09. The first kappa shape index (κ1) is 16.1. The molecule has 1 fully saturated rings. The summed E-state index contributed by atoms with van der Waals surface area (Å²) in [6.45, 7) is 0. The van der Waals surface area contributed by atoms with Crippen LogP contribution >= 0.6 is 0 Å². The van der Waals surface area contributed by atoms with E-state index in [1.807, 2.05) is 7.05 Å². The van der Waals surface area contributed by atoms with Crippen molar-refractivity contribution in [3.8, 4) is 0 Å². The number of nitrogens with zero attached hydrogens (tertiary/aromatic N) is 3. The molecule has 5 nitrogen and oxygen atoms in total. The number of hydrogen-bond donors (Lipinski definition) is 2. The molecular weight excluding hydrogens is 310 g/mol. The van der Waals surface area contributed by atoms with Crippen LogP contribution in [-0.4, -0.2) is 22.9 Å². The predicted molar refractivity (Wildman–Crippen MR) is 101 cm³/mol. The highest BCUT2D eigenvalue weighted by Gasteiger charge is 2.38. The van der Waals surface area contributed by atoms with Crippen molar-refractivity contribution in [1.29, 1.82) is 0 Å². The van der Waals surface area contributed by atoms with Gasteiger partial charge >= 0.3 is 0 Å². The Hall–Kier alpha value is -2.40. The van der Waals surface area contributed by atoms with E-state index < -0.39 is 0 Å². The highest BCUT2D eigenvalue weighted by Crippen LogP contribution is 2.45. The van der Waals surface area contributed by atoms with Crippen molar-refractivity contribution < 1.29 is 0 Å². The molecule has 0 spiro atoms. The summed E-state index contributed by atoms with van der Waals surface area (Å²) in [4.78, 5) is 11.2. The molecule has 1 aliphatic heterocycles. The van der Waals surface area contributed by atoms with Gasteiger partial charge in [0.05, 0.1) is 5.69 Å². The van der Waals surface area contributed by atoms with Gasteiger partial charge in [0.15, 0.2) is 11.8 Å². The minimum absolute atomic E-state index is 0.0355. The molecule has 2 aromatic rings. The molecule has 2 heterocycles. The molecule has 0 radical (unpaired) electrons. The van der Waals surface area contributed by atoms with Gasteiger partial charge in [0, 0.05) is 18.0 Å². The number of hydrogen-bond acceptors (Lipinski definition) is 5. The third-order valence-electron chi connectivity index (χ3n) is 5.75. The van der Waals surface area contributed by atoms with E-state index in [0.29, 0.717) is 11.8 Å². The summed E-state index contributed by atoms with van der Waals surface area (Å²) >= 11 is 0. The second-order valence-corrected chi connectivity index (χ2v) is 7.14. The third-order valence-corrected chi connectivity index (χ3v) is 5.75. The monoisotopic (exact) mass is 335 g/mol. The van der Waals surface area contributed by atoms with Crippen LogP contribution in [0, 0.1) is 0 Å². The highest BCUT2D eigenvalue weighted by atomic mass is 15.3. The fraction of sp³-hybridized carbons (Fsp3) is 0.400. The molecule has 0 saturated heterocycles. The number of benzene rings is 1. The molecule has 5 heteroatoms. The lowest BCUT2D eigenvalue weighted by Crippen LogP contribution is -2.43. The van der Waals surface area contributed by atoms with Crippen molar-refractivity contribution in [3.63, 3.8) is 0 Å². The summed E-state index contributed by atoms with van der Waals surface area (Å²) < 4.78 is 0. The van der Waals surface area contributed by atoms with Crippen LogP contribution in [-0.2, 0) is 5.41 Å². The summed E-state index contributed by atoms with van der Waals surface area (Å²) in [6, 6.07) is 15.0. The standard InChI is InChI=1S/C20H25N5/c1-25-17(21)15-10-11-16(23-18(15)24-19(25)22)20(12-6-3-7-13-20)14-8-4-2-5-9-14/h2,4-5,8-11,17H,3,6-7,12-13,21H2,1H3,(H2,22,23,24). The van der Waals surface area contributed by atoms with Gasteiger partial charge in [0.25, 0.3) is 0 Å². The highest BCUT2D eigenvalue weighted by molar-refractivity contribution is 5.83. The maximum Gasteiger partial charge on any atom is 0.199 e. The van der Waals surface area contributed by atoms with E-state index in [4.69, 9.17) is 16.5 Å². The molecule has 1 aromatic heterocycles. The Morgan fingerprint density at radius 1 is 1.04 bits per heavy atom. The van der Waals surface area contributed by atoms with Gasteiger partial charge in [-0.2, -0.15) is 4.99 Å². The maximum absolute atomic E-state index is 6.28. The molecule has 4 N–H and O–H groups in total. The summed E-state index contributed by atoms with van der Waals surface area (Å²) in [5, 5.41) is 0. The molecule has 0 amide bonds. The first-order valence-corrected chi connectivity index (χ1v) is 9.01. The Morgan fingerprint density at radius 2 is 1.76 bits per heavy atom. The molecule has 2 aliphatic rings. The van der Waals surface area contributed by atoms with Gasteiger partial charge in [0.1, 0.15) is 6.17 Å². The number of fused-ring (bicyclic) bond motifs is 1. The number of aliphatic imine (C=N–C) groups is 1. The Labute approximate surface area is 148 Å². The van der Waals surface area contributed by atoms with Crippen LogP contribution in [0.4, 0.5) is 5.82 Å². The summed E-state index contributed by atoms with van der Waals surface area (Å²) in [7, 11) is 1.85. The molecule has 0 bridgehead atoms. The van der Waals surface area contributed by atoms with Crippen LogP contribution in [0.25, 0.3) is 0 Å². The number of aromatic nitrogens is 1. The van der Waals surface area contributed by atoms with Crippen molar-refractivity contribution in [3.05, 3.63) is 59.3 Å². The van der Waals surface area contributed by atoms with Crippen molar-refractivity contribution in [2.45, 2.75) is 43.7 Å². The first-order chi connectivity index (χ1) is 12.1. The van der Waals surface area contributed by atoms with Crippen LogP contribution in [0.5, 0.6) is 0 Å².